The Morgan fingerprint density at radius 2 is 1.88 bits per heavy atom. The summed E-state index contributed by atoms with van der Waals surface area (Å²) in [6.07, 6.45) is 0. The zero-order valence-corrected chi connectivity index (χ0v) is 7.46. The van der Waals surface area contributed by atoms with Crippen LogP contribution < -0.4 is 0 Å². The van der Waals surface area contributed by atoms with Crippen molar-refractivity contribution in [1.29, 1.82) is 0 Å². The molecule has 0 aromatic rings. The van der Waals surface area contributed by atoms with Crippen molar-refractivity contribution in [2.45, 2.75) is 19.6 Å². The zero-order chi connectivity index (χ0) is 6.62. The van der Waals surface area contributed by atoms with Crippen LogP contribution in [-0.4, -0.2) is 20.8 Å². The Balaban J connectivity index is 3.11. The fourth-order valence-corrected chi connectivity index (χ4v) is 1.27. The number of halogens is 1. The Labute approximate surface area is 57.1 Å². The van der Waals surface area contributed by atoms with Crippen molar-refractivity contribution in [3.05, 3.63) is 0 Å². The van der Waals surface area contributed by atoms with Gasteiger partial charge in [-0.25, -0.2) is 0 Å². The van der Waals surface area contributed by atoms with Gasteiger partial charge in [0, 0.05) is 12.5 Å². The molecule has 0 aliphatic rings. The Kier molecular flexibility index (Phi) is 3.69. The minimum atomic E-state index is -1.26. The van der Waals surface area contributed by atoms with Gasteiger partial charge >= 0.3 is 0 Å². The normalized spacial score (nSPS) is 12.0. The average Bonchev–Trinajstić information content (AvgIpc) is 1.59. The Hall–Kier alpha value is 0.467. The summed E-state index contributed by atoms with van der Waals surface area (Å²) in [5.74, 6) is 0.615. The second-order valence-electron chi connectivity index (χ2n) is 2.65. The highest BCUT2D eigenvalue weighted by molar-refractivity contribution is 6.69. The van der Waals surface area contributed by atoms with Crippen LogP contribution in [0.1, 0.15) is 0 Å². The first kappa shape index (κ1) is 8.47. The lowest BCUT2D eigenvalue weighted by Gasteiger charge is -2.15. The lowest BCUT2D eigenvalue weighted by molar-refractivity contribution is 0.337. The first-order valence-corrected chi connectivity index (χ1v) is 6.70. The van der Waals surface area contributed by atoms with Crippen molar-refractivity contribution < 1.29 is 4.43 Å². The van der Waals surface area contributed by atoms with Crippen LogP contribution in [0, 0.1) is 0 Å². The molecule has 0 amide bonds. The van der Waals surface area contributed by atoms with E-state index in [4.69, 9.17) is 16.0 Å². The predicted molar refractivity (Wildman–Crippen MR) is 40.0 cm³/mol. The highest BCUT2D eigenvalue weighted by Gasteiger charge is 2.12. The summed E-state index contributed by atoms with van der Waals surface area (Å²) >= 11 is 5.40. The second-order valence-corrected chi connectivity index (χ2v) is 7.54. The lowest BCUT2D eigenvalue weighted by Crippen LogP contribution is -2.26. The molecule has 0 fully saturated rings. The highest BCUT2D eigenvalue weighted by atomic mass is 35.5. The predicted octanol–water partition coefficient (Wildman–Crippen LogP) is 2.08. The standard InChI is InChI=1S/C5H13ClOSi/c1-8(2,3)7-5-4-6/h4-5H2,1-3H3. The van der Waals surface area contributed by atoms with Gasteiger partial charge in [0.1, 0.15) is 0 Å². The molecule has 0 radical (unpaired) electrons. The molecular formula is C5H13ClOSi. The summed E-state index contributed by atoms with van der Waals surface area (Å²) in [5.41, 5.74) is 0. The summed E-state index contributed by atoms with van der Waals surface area (Å²) in [5, 5.41) is 0. The van der Waals surface area contributed by atoms with Gasteiger partial charge in [0.2, 0.25) is 0 Å². The molecule has 0 heterocycles. The van der Waals surface area contributed by atoms with E-state index in [1.807, 2.05) is 0 Å². The zero-order valence-electron chi connectivity index (χ0n) is 5.70. The molecule has 0 aromatic heterocycles. The molecule has 0 bridgehead atoms. The molecule has 50 valence electrons. The van der Waals surface area contributed by atoms with Crippen LogP contribution in [0.25, 0.3) is 0 Å². The molecule has 0 aliphatic carbocycles. The molecule has 0 aliphatic heterocycles. The van der Waals surface area contributed by atoms with Crippen LogP contribution in [0.15, 0.2) is 0 Å². The molecule has 0 saturated carbocycles. The van der Waals surface area contributed by atoms with Crippen molar-refractivity contribution in [2.75, 3.05) is 12.5 Å². The minimum Gasteiger partial charge on any atom is -0.416 e. The molecule has 0 spiro atoms. The maximum absolute atomic E-state index is 5.40. The van der Waals surface area contributed by atoms with E-state index in [1.54, 1.807) is 0 Å². The third-order valence-corrected chi connectivity index (χ3v) is 1.84. The molecule has 0 rings (SSSR count). The van der Waals surface area contributed by atoms with Gasteiger partial charge < -0.3 is 4.43 Å². The van der Waals surface area contributed by atoms with Gasteiger partial charge in [-0.1, -0.05) is 0 Å². The first-order valence-electron chi connectivity index (χ1n) is 2.76. The van der Waals surface area contributed by atoms with Crippen LogP contribution >= 0.6 is 11.6 Å². The number of hydrogen-bond acceptors (Lipinski definition) is 1. The fourth-order valence-electron chi connectivity index (χ4n) is 0.345. The van der Waals surface area contributed by atoms with Crippen LogP contribution in [0.3, 0.4) is 0 Å². The summed E-state index contributed by atoms with van der Waals surface area (Å²) in [4.78, 5) is 0. The van der Waals surface area contributed by atoms with Crippen molar-refractivity contribution >= 4 is 19.9 Å². The second kappa shape index (κ2) is 3.48. The number of rotatable bonds is 3. The SMILES string of the molecule is C[Si](C)(C)OCCCl. The van der Waals surface area contributed by atoms with Gasteiger partial charge in [-0.3, -0.25) is 0 Å². The largest absolute Gasteiger partial charge is 0.416 e. The van der Waals surface area contributed by atoms with Gasteiger partial charge in [-0.15, -0.1) is 11.6 Å². The third-order valence-electron chi connectivity index (χ3n) is 0.612. The highest BCUT2D eigenvalue weighted by Crippen LogP contribution is 2.01. The van der Waals surface area contributed by atoms with E-state index in [1.165, 1.54) is 0 Å². The van der Waals surface area contributed by atoms with Crippen molar-refractivity contribution in [2.24, 2.45) is 0 Å². The van der Waals surface area contributed by atoms with Gasteiger partial charge in [-0.05, 0) is 19.6 Å². The molecule has 8 heavy (non-hydrogen) atoms. The Morgan fingerprint density at radius 1 is 1.38 bits per heavy atom. The third kappa shape index (κ3) is 6.47. The van der Waals surface area contributed by atoms with E-state index < -0.39 is 8.32 Å². The van der Waals surface area contributed by atoms with E-state index in [-0.39, 0.29) is 0 Å². The smallest absolute Gasteiger partial charge is 0.183 e. The Morgan fingerprint density at radius 3 is 2.00 bits per heavy atom. The van der Waals surface area contributed by atoms with Gasteiger partial charge in [-0.2, -0.15) is 0 Å². The molecule has 0 N–H and O–H groups in total. The summed E-state index contributed by atoms with van der Waals surface area (Å²) < 4.78 is 5.39. The molecule has 0 saturated heterocycles. The molecule has 1 nitrogen and oxygen atoms in total. The maximum Gasteiger partial charge on any atom is 0.183 e. The fraction of sp³-hybridized carbons (Fsp3) is 1.00. The molecule has 0 atom stereocenters. The van der Waals surface area contributed by atoms with E-state index in [2.05, 4.69) is 19.6 Å². The first-order chi connectivity index (χ1) is 3.56. The van der Waals surface area contributed by atoms with Crippen LogP contribution in [0.4, 0.5) is 0 Å². The molecule has 3 heteroatoms. The van der Waals surface area contributed by atoms with Crippen molar-refractivity contribution in [3.63, 3.8) is 0 Å². The monoisotopic (exact) mass is 152 g/mol. The van der Waals surface area contributed by atoms with E-state index in [9.17, 15) is 0 Å². The number of hydrogen-bond donors (Lipinski definition) is 0. The van der Waals surface area contributed by atoms with Crippen LogP contribution in [0.5, 0.6) is 0 Å². The summed E-state index contributed by atoms with van der Waals surface area (Å²) in [6.45, 7) is 7.16. The van der Waals surface area contributed by atoms with Gasteiger partial charge in [0.05, 0.1) is 0 Å². The Bertz CT molecular complexity index is 59.9. The summed E-state index contributed by atoms with van der Waals surface area (Å²) in [7, 11) is -1.26. The molecule has 0 aromatic carbocycles. The van der Waals surface area contributed by atoms with Crippen LogP contribution in [-0.2, 0) is 4.43 Å². The van der Waals surface area contributed by atoms with E-state index >= 15 is 0 Å². The van der Waals surface area contributed by atoms with Crippen molar-refractivity contribution in [1.82, 2.24) is 0 Å². The van der Waals surface area contributed by atoms with Crippen molar-refractivity contribution in [3.8, 4) is 0 Å². The number of alkyl halides is 1. The van der Waals surface area contributed by atoms with Gasteiger partial charge in [0.15, 0.2) is 8.32 Å². The van der Waals surface area contributed by atoms with E-state index in [0.717, 1.165) is 0 Å². The molecule has 0 unspecified atom stereocenters. The van der Waals surface area contributed by atoms with E-state index in [0.29, 0.717) is 12.5 Å². The maximum atomic E-state index is 5.40. The topological polar surface area (TPSA) is 9.23 Å². The minimum absolute atomic E-state index is 0.615. The summed E-state index contributed by atoms with van der Waals surface area (Å²) in [6, 6.07) is 0. The van der Waals surface area contributed by atoms with Crippen LogP contribution in [0.2, 0.25) is 19.6 Å². The molecular weight excluding hydrogens is 140 g/mol. The quantitative estimate of drug-likeness (QED) is 0.445. The lowest BCUT2D eigenvalue weighted by atomic mass is 10.9. The van der Waals surface area contributed by atoms with Gasteiger partial charge in [0.25, 0.3) is 0 Å². The average molecular weight is 153 g/mol.